The van der Waals surface area contributed by atoms with E-state index in [9.17, 15) is 0 Å². The number of para-hydroxylation sites is 1. The van der Waals surface area contributed by atoms with Gasteiger partial charge in [-0.25, -0.2) is 0 Å². The number of fused-ring (bicyclic) bond motifs is 1. The predicted octanol–water partition coefficient (Wildman–Crippen LogP) is 3.00. The lowest BCUT2D eigenvalue weighted by atomic mass is 10.2. The van der Waals surface area contributed by atoms with Crippen molar-refractivity contribution >= 4 is 10.9 Å². The zero-order chi connectivity index (χ0) is 12.8. The molecular weight excluding hydrogens is 224 g/mol. The second-order valence-corrected chi connectivity index (χ2v) is 4.29. The summed E-state index contributed by atoms with van der Waals surface area (Å²) >= 11 is 0. The van der Waals surface area contributed by atoms with Crippen LogP contribution in [-0.4, -0.2) is 24.2 Å². The molecule has 1 heterocycles. The quantitative estimate of drug-likeness (QED) is 0.848. The molecule has 0 amide bonds. The minimum atomic E-state index is 0.192. The van der Waals surface area contributed by atoms with Crippen LogP contribution in [0.4, 0.5) is 0 Å². The first-order valence-corrected chi connectivity index (χ1v) is 6.56. The van der Waals surface area contributed by atoms with Crippen molar-refractivity contribution in [3.63, 3.8) is 0 Å². The molecule has 0 aliphatic heterocycles. The van der Waals surface area contributed by atoms with Gasteiger partial charge < -0.3 is 10.1 Å². The van der Waals surface area contributed by atoms with Crippen molar-refractivity contribution in [1.29, 1.82) is 0 Å². The summed E-state index contributed by atoms with van der Waals surface area (Å²) in [5.74, 6) is 0.873. The van der Waals surface area contributed by atoms with Crippen LogP contribution in [0.15, 0.2) is 36.5 Å². The maximum Gasteiger partial charge on any atom is 0.146 e. The van der Waals surface area contributed by atoms with Crippen LogP contribution in [0.25, 0.3) is 10.9 Å². The largest absolute Gasteiger partial charge is 0.487 e. The predicted molar refractivity (Wildman–Crippen MR) is 75.0 cm³/mol. The van der Waals surface area contributed by atoms with Gasteiger partial charge in [0.05, 0.1) is 0 Å². The van der Waals surface area contributed by atoms with Crippen LogP contribution < -0.4 is 10.1 Å². The minimum absolute atomic E-state index is 0.192. The number of likely N-dealkylation sites (N-methyl/N-ethyl adjacent to an activating group) is 1. The highest BCUT2D eigenvalue weighted by Crippen LogP contribution is 2.24. The number of hydrogen-bond acceptors (Lipinski definition) is 3. The van der Waals surface area contributed by atoms with E-state index in [4.69, 9.17) is 4.74 Å². The van der Waals surface area contributed by atoms with Crippen LogP contribution in [0.5, 0.6) is 5.75 Å². The van der Waals surface area contributed by atoms with Crippen molar-refractivity contribution < 1.29 is 4.74 Å². The van der Waals surface area contributed by atoms with Crippen LogP contribution >= 0.6 is 0 Å². The van der Waals surface area contributed by atoms with Crippen LogP contribution in [0.2, 0.25) is 0 Å². The highest BCUT2D eigenvalue weighted by atomic mass is 16.5. The molecule has 1 unspecified atom stereocenters. The number of nitrogens with zero attached hydrogens (tertiary/aromatic N) is 1. The Bertz CT molecular complexity index is 493. The van der Waals surface area contributed by atoms with E-state index in [2.05, 4.69) is 36.3 Å². The average Bonchev–Trinajstić information content (AvgIpc) is 2.43. The Hall–Kier alpha value is -1.61. The summed E-state index contributed by atoms with van der Waals surface area (Å²) in [7, 11) is 0. The molecule has 0 spiro atoms. The standard InChI is InChI=1S/C15H20N2O/c1-3-13(11-16-4-2)18-14-9-5-7-12-8-6-10-17-15(12)14/h5-10,13,16H,3-4,11H2,1-2H3. The Balaban J connectivity index is 2.19. The number of benzene rings is 1. The van der Waals surface area contributed by atoms with E-state index in [1.54, 1.807) is 6.20 Å². The normalized spacial score (nSPS) is 12.6. The number of nitrogens with one attached hydrogen (secondary N) is 1. The van der Waals surface area contributed by atoms with Crippen molar-refractivity contribution in [2.24, 2.45) is 0 Å². The Morgan fingerprint density at radius 3 is 2.83 bits per heavy atom. The summed E-state index contributed by atoms with van der Waals surface area (Å²) in [5, 5.41) is 4.44. The van der Waals surface area contributed by atoms with Crippen molar-refractivity contribution in [3.05, 3.63) is 36.5 Å². The molecule has 1 N–H and O–H groups in total. The first-order valence-electron chi connectivity index (χ1n) is 6.56. The zero-order valence-corrected chi connectivity index (χ0v) is 11.0. The molecule has 0 bridgehead atoms. The summed E-state index contributed by atoms with van der Waals surface area (Å²) in [6, 6.07) is 10.1. The Morgan fingerprint density at radius 1 is 1.22 bits per heavy atom. The fraction of sp³-hybridized carbons (Fsp3) is 0.400. The van der Waals surface area contributed by atoms with E-state index in [-0.39, 0.29) is 6.10 Å². The monoisotopic (exact) mass is 244 g/mol. The van der Waals surface area contributed by atoms with Gasteiger partial charge in [-0.1, -0.05) is 32.0 Å². The SMILES string of the molecule is CCNCC(CC)Oc1cccc2cccnc12. The lowest BCUT2D eigenvalue weighted by molar-refractivity contribution is 0.196. The van der Waals surface area contributed by atoms with E-state index < -0.39 is 0 Å². The number of hydrogen-bond donors (Lipinski definition) is 1. The van der Waals surface area contributed by atoms with Gasteiger partial charge in [0, 0.05) is 18.1 Å². The van der Waals surface area contributed by atoms with E-state index in [1.165, 1.54) is 0 Å². The number of pyridine rings is 1. The highest BCUT2D eigenvalue weighted by molar-refractivity contribution is 5.84. The number of rotatable bonds is 6. The van der Waals surface area contributed by atoms with Gasteiger partial charge in [0.1, 0.15) is 17.4 Å². The third kappa shape index (κ3) is 2.99. The van der Waals surface area contributed by atoms with E-state index in [0.29, 0.717) is 0 Å². The lowest BCUT2D eigenvalue weighted by Gasteiger charge is -2.18. The van der Waals surface area contributed by atoms with Crippen molar-refractivity contribution in [3.8, 4) is 5.75 Å². The van der Waals surface area contributed by atoms with E-state index in [1.807, 2.05) is 18.2 Å². The Morgan fingerprint density at radius 2 is 2.06 bits per heavy atom. The molecule has 0 aliphatic carbocycles. The Kier molecular flexibility index (Phi) is 4.53. The van der Waals surface area contributed by atoms with Gasteiger partial charge in [-0.15, -0.1) is 0 Å². The lowest BCUT2D eigenvalue weighted by Crippen LogP contribution is -2.30. The minimum Gasteiger partial charge on any atom is -0.487 e. The molecule has 1 atom stereocenters. The van der Waals surface area contributed by atoms with Crippen LogP contribution in [-0.2, 0) is 0 Å². The van der Waals surface area contributed by atoms with E-state index in [0.717, 1.165) is 36.2 Å². The Labute approximate surface area is 108 Å². The summed E-state index contributed by atoms with van der Waals surface area (Å²) < 4.78 is 6.05. The molecule has 1 aromatic heterocycles. The number of ether oxygens (including phenoxy) is 1. The van der Waals surface area contributed by atoms with Gasteiger partial charge in [0.25, 0.3) is 0 Å². The molecule has 3 heteroatoms. The van der Waals surface area contributed by atoms with Gasteiger partial charge in [-0.2, -0.15) is 0 Å². The van der Waals surface area contributed by atoms with Crippen LogP contribution in [0, 0.1) is 0 Å². The second kappa shape index (κ2) is 6.36. The van der Waals surface area contributed by atoms with Crippen molar-refractivity contribution in [2.45, 2.75) is 26.4 Å². The third-order valence-corrected chi connectivity index (χ3v) is 2.97. The molecule has 0 fully saturated rings. The summed E-state index contributed by atoms with van der Waals surface area (Å²) in [6.07, 6.45) is 2.98. The van der Waals surface area contributed by atoms with Gasteiger partial charge in [-0.05, 0) is 25.1 Å². The average molecular weight is 244 g/mol. The first-order chi connectivity index (χ1) is 8.85. The molecule has 2 rings (SSSR count). The van der Waals surface area contributed by atoms with Crippen LogP contribution in [0.1, 0.15) is 20.3 Å². The fourth-order valence-electron chi connectivity index (χ4n) is 1.93. The molecule has 0 aliphatic rings. The highest BCUT2D eigenvalue weighted by Gasteiger charge is 2.10. The summed E-state index contributed by atoms with van der Waals surface area (Å²) in [5.41, 5.74) is 0.940. The zero-order valence-electron chi connectivity index (χ0n) is 11.0. The molecule has 3 nitrogen and oxygen atoms in total. The first kappa shape index (κ1) is 12.8. The summed E-state index contributed by atoms with van der Waals surface area (Å²) in [4.78, 5) is 4.40. The van der Waals surface area contributed by atoms with Gasteiger partial charge in [0.2, 0.25) is 0 Å². The summed E-state index contributed by atoms with van der Waals surface area (Å²) in [6.45, 7) is 6.08. The molecule has 96 valence electrons. The smallest absolute Gasteiger partial charge is 0.146 e. The molecule has 0 radical (unpaired) electrons. The van der Waals surface area contributed by atoms with Gasteiger partial charge >= 0.3 is 0 Å². The molecule has 2 aromatic rings. The second-order valence-electron chi connectivity index (χ2n) is 4.29. The molecule has 18 heavy (non-hydrogen) atoms. The molecule has 0 saturated carbocycles. The molecule has 1 aromatic carbocycles. The topological polar surface area (TPSA) is 34.1 Å². The fourth-order valence-corrected chi connectivity index (χ4v) is 1.93. The van der Waals surface area contributed by atoms with Gasteiger partial charge in [-0.3, -0.25) is 4.98 Å². The molecule has 0 saturated heterocycles. The molecular formula is C15H20N2O. The van der Waals surface area contributed by atoms with Crippen molar-refractivity contribution in [2.75, 3.05) is 13.1 Å². The van der Waals surface area contributed by atoms with Gasteiger partial charge in [0.15, 0.2) is 0 Å². The van der Waals surface area contributed by atoms with E-state index >= 15 is 0 Å². The van der Waals surface area contributed by atoms with Crippen molar-refractivity contribution in [1.82, 2.24) is 10.3 Å². The maximum atomic E-state index is 6.05. The number of aromatic nitrogens is 1. The van der Waals surface area contributed by atoms with Crippen LogP contribution in [0.3, 0.4) is 0 Å². The third-order valence-electron chi connectivity index (χ3n) is 2.97. The maximum absolute atomic E-state index is 6.05.